The number of terminal acetylenes is 1. The van der Waals surface area contributed by atoms with E-state index in [1.807, 2.05) is 0 Å². The molecule has 0 saturated heterocycles. The van der Waals surface area contributed by atoms with Gasteiger partial charge in [-0.05, 0) is 19.3 Å². The van der Waals surface area contributed by atoms with Crippen LogP contribution in [-0.2, 0) is 14.8 Å². The molecule has 92 valence electrons. The Morgan fingerprint density at radius 3 is 2.56 bits per heavy atom. The molecule has 6 heteroatoms. The predicted molar refractivity (Wildman–Crippen MR) is 62.9 cm³/mol. The van der Waals surface area contributed by atoms with Gasteiger partial charge in [0.25, 0.3) is 0 Å². The van der Waals surface area contributed by atoms with Crippen molar-refractivity contribution in [2.45, 2.75) is 32.1 Å². The number of nitrogens with two attached hydrogens (primary N) is 1. The molecular formula is C10H18N2O3S. The molecule has 0 heterocycles. The Morgan fingerprint density at radius 2 is 2.00 bits per heavy atom. The zero-order valence-electron chi connectivity index (χ0n) is 9.24. The zero-order valence-corrected chi connectivity index (χ0v) is 10.1. The lowest BCUT2D eigenvalue weighted by Gasteiger charge is -2.03. The summed E-state index contributed by atoms with van der Waals surface area (Å²) in [6.45, 7) is 0.338. The number of amides is 1. The van der Waals surface area contributed by atoms with Crippen molar-refractivity contribution in [3.8, 4) is 12.3 Å². The van der Waals surface area contributed by atoms with Gasteiger partial charge in [-0.1, -0.05) is 0 Å². The van der Waals surface area contributed by atoms with Gasteiger partial charge in [-0.25, -0.2) is 13.6 Å². The first kappa shape index (κ1) is 14.9. The Hall–Kier alpha value is -1.06. The largest absolute Gasteiger partial charge is 0.356 e. The van der Waals surface area contributed by atoms with Crippen molar-refractivity contribution in [2.75, 3.05) is 12.3 Å². The Balaban J connectivity index is 3.42. The van der Waals surface area contributed by atoms with Gasteiger partial charge >= 0.3 is 0 Å². The molecule has 5 nitrogen and oxygen atoms in total. The van der Waals surface area contributed by atoms with E-state index in [1.54, 1.807) is 0 Å². The van der Waals surface area contributed by atoms with Gasteiger partial charge in [0.1, 0.15) is 0 Å². The van der Waals surface area contributed by atoms with E-state index in [2.05, 4.69) is 11.2 Å². The molecule has 0 unspecified atom stereocenters. The summed E-state index contributed by atoms with van der Waals surface area (Å²) in [4.78, 5) is 11.2. The van der Waals surface area contributed by atoms with Crippen molar-refractivity contribution in [3.05, 3.63) is 0 Å². The zero-order chi connectivity index (χ0) is 12.4. The fraction of sp³-hybridized carbons (Fsp3) is 0.700. The lowest BCUT2D eigenvalue weighted by atomic mass is 10.2. The highest BCUT2D eigenvalue weighted by molar-refractivity contribution is 7.89. The summed E-state index contributed by atoms with van der Waals surface area (Å²) >= 11 is 0. The predicted octanol–water partition coefficient (Wildman–Crippen LogP) is -0.0252. The Morgan fingerprint density at radius 1 is 1.31 bits per heavy atom. The van der Waals surface area contributed by atoms with Crippen molar-refractivity contribution in [2.24, 2.45) is 5.14 Å². The number of carbonyl (C=O) groups is 1. The number of primary sulfonamides is 1. The van der Waals surface area contributed by atoms with Crippen LogP contribution in [0.25, 0.3) is 0 Å². The molecule has 0 aliphatic rings. The maximum atomic E-state index is 11.2. The minimum atomic E-state index is -3.42. The van der Waals surface area contributed by atoms with E-state index >= 15 is 0 Å². The monoisotopic (exact) mass is 246 g/mol. The van der Waals surface area contributed by atoms with Crippen LogP contribution in [0.15, 0.2) is 0 Å². The number of rotatable bonds is 8. The maximum Gasteiger partial charge on any atom is 0.219 e. The van der Waals surface area contributed by atoms with Crippen LogP contribution in [-0.4, -0.2) is 26.6 Å². The molecule has 0 aromatic carbocycles. The molecule has 16 heavy (non-hydrogen) atoms. The van der Waals surface area contributed by atoms with Gasteiger partial charge < -0.3 is 5.32 Å². The second-order valence-corrected chi connectivity index (χ2v) is 5.22. The smallest absolute Gasteiger partial charge is 0.219 e. The minimum Gasteiger partial charge on any atom is -0.356 e. The molecule has 0 radical (unpaired) electrons. The van der Waals surface area contributed by atoms with Gasteiger partial charge in [0.05, 0.1) is 5.75 Å². The first-order valence-electron chi connectivity index (χ1n) is 5.16. The molecule has 0 spiro atoms. The van der Waals surface area contributed by atoms with Crippen LogP contribution < -0.4 is 10.5 Å². The minimum absolute atomic E-state index is 0.0774. The quantitative estimate of drug-likeness (QED) is 0.466. The highest BCUT2D eigenvalue weighted by Crippen LogP contribution is 1.98. The second-order valence-electron chi connectivity index (χ2n) is 3.48. The highest BCUT2D eigenvalue weighted by atomic mass is 32.2. The number of nitrogens with one attached hydrogen (secondary N) is 1. The molecule has 0 saturated carbocycles. The lowest BCUT2D eigenvalue weighted by molar-refractivity contribution is -0.121. The standard InChI is InChI=1S/C10H18N2O3S/c1-2-3-4-5-7-10(13)12-8-6-9-16(11,14)15/h1H,3-9H2,(H,12,13)(H2,11,14,15). The van der Waals surface area contributed by atoms with Crippen LogP contribution in [0, 0.1) is 12.3 Å². The summed E-state index contributed by atoms with van der Waals surface area (Å²) in [5.41, 5.74) is 0. The Bertz CT molecular complexity index is 344. The van der Waals surface area contributed by atoms with E-state index in [0.717, 1.165) is 12.8 Å². The fourth-order valence-corrected chi connectivity index (χ4v) is 1.65. The lowest BCUT2D eigenvalue weighted by Crippen LogP contribution is -2.27. The number of sulfonamides is 1. The van der Waals surface area contributed by atoms with Crippen LogP contribution in [0.4, 0.5) is 0 Å². The van der Waals surface area contributed by atoms with E-state index in [4.69, 9.17) is 11.6 Å². The number of hydrogen-bond donors (Lipinski definition) is 2. The summed E-state index contributed by atoms with van der Waals surface area (Å²) in [6, 6.07) is 0. The van der Waals surface area contributed by atoms with Crippen molar-refractivity contribution in [1.29, 1.82) is 0 Å². The van der Waals surface area contributed by atoms with Crippen molar-refractivity contribution in [3.63, 3.8) is 0 Å². The third-order valence-electron chi connectivity index (χ3n) is 1.90. The molecule has 0 aromatic rings. The molecule has 0 bridgehead atoms. The summed E-state index contributed by atoms with van der Waals surface area (Å²) in [7, 11) is -3.42. The Kier molecular flexibility index (Phi) is 7.60. The van der Waals surface area contributed by atoms with E-state index < -0.39 is 10.0 Å². The van der Waals surface area contributed by atoms with Crippen LogP contribution in [0.3, 0.4) is 0 Å². The summed E-state index contributed by atoms with van der Waals surface area (Å²) < 4.78 is 21.1. The summed E-state index contributed by atoms with van der Waals surface area (Å²) in [5, 5.41) is 7.43. The Labute approximate surface area is 96.8 Å². The van der Waals surface area contributed by atoms with Crippen molar-refractivity contribution < 1.29 is 13.2 Å². The molecule has 1 amide bonds. The molecule has 3 N–H and O–H groups in total. The number of hydrogen-bond acceptors (Lipinski definition) is 3. The summed E-state index contributed by atoms with van der Waals surface area (Å²) in [5.74, 6) is 2.31. The van der Waals surface area contributed by atoms with E-state index in [-0.39, 0.29) is 11.7 Å². The average molecular weight is 246 g/mol. The topological polar surface area (TPSA) is 89.3 Å². The molecule has 0 aliphatic carbocycles. The van der Waals surface area contributed by atoms with Gasteiger partial charge in [-0.3, -0.25) is 4.79 Å². The molecule has 0 aliphatic heterocycles. The third kappa shape index (κ3) is 11.0. The summed E-state index contributed by atoms with van der Waals surface area (Å²) in [6.07, 6.45) is 8.10. The van der Waals surface area contributed by atoms with Gasteiger partial charge in [0.15, 0.2) is 0 Å². The van der Waals surface area contributed by atoms with Gasteiger partial charge in [0, 0.05) is 19.4 Å². The third-order valence-corrected chi connectivity index (χ3v) is 2.76. The van der Waals surface area contributed by atoms with Gasteiger partial charge in [-0.2, -0.15) is 0 Å². The van der Waals surface area contributed by atoms with E-state index in [0.29, 0.717) is 25.8 Å². The molecular weight excluding hydrogens is 228 g/mol. The molecule has 0 aromatic heterocycles. The SMILES string of the molecule is C#CCCCCC(=O)NCCCS(N)(=O)=O. The number of carbonyl (C=O) groups excluding carboxylic acids is 1. The van der Waals surface area contributed by atoms with Crippen LogP contribution >= 0.6 is 0 Å². The molecule has 0 rings (SSSR count). The van der Waals surface area contributed by atoms with Gasteiger partial charge in [-0.15, -0.1) is 12.3 Å². The average Bonchev–Trinajstić information content (AvgIpc) is 2.18. The van der Waals surface area contributed by atoms with E-state index in [9.17, 15) is 13.2 Å². The first-order chi connectivity index (χ1) is 7.45. The van der Waals surface area contributed by atoms with E-state index in [1.165, 1.54) is 0 Å². The van der Waals surface area contributed by atoms with Crippen molar-refractivity contribution >= 4 is 15.9 Å². The number of unbranched alkanes of at least 4 members (excludes halogenated alkanes) is 2. The molecule has 0 atom stereocenters. The maximum absolute atomic E-state index is 11.2. The van der Waals surface area contributed by atoms with Crippen molar-refractivity contribution in [1.82, 2.24) is 5.32 Å². The normalized spacial score (nSPS) is 10.8. The fourth-order valence-electron chi connectivity index (χ4n) is 1.10. The van der Waals surface area contributed by atoms with Crippen LogP contribution in [0.2, 0.25) is 0 Å². The highest BCUT2D eigenvalue weighted by Gasteiger charge is 2.03. The molecule has 0 fully saturated rings. The van der Waals surface area contributed by atoms with Crippen LogP contribution in [0.1, 0.15) is 32.1 Å². The van der Waals surface area contributed by atoms with Gasteiger partial charge in [0.2, 0.25) is 15.9 Å². The first-order valence-corrected chi connectivity index (χ1v) is 6.88. The second kappa shape index (κ2) is 8.13. The van der Waals surface area contributed by atoms with Crippen LogP contribution in [0.5, 0.6) is 0 Å².